The first-order chi connectivity index (χ1) is 9.51. The molecular weight excluding hydrogens is 278 g/mol. The van der Waals surface area contributed by atoms with Gasteiger partial charge in [0, 0.05) is 31.5 Å². The van der Waals surface area contributed by atoms with Gasteiger partial charge >= 0.3 is 0 Å². The van der Waals surface area contributed by atoms with Crippen molar-refractivity contribution in [2.75, 3.05) is 18.5 Å². The van der Waals surface area contributed by atoms with Gasteiger partial charge in [-0.3, -0.25) is 0 Å². The van der Waals surface area contributed by atoms with Gasteiger partial charge in [0.25, 0.3) is 0 Å². The molecule has 7 heteroatoms. The molecule has 1 fully saturated rings. The minimum absolute atomic E-state index is 0.0699. The summed E-state index contributed by atoms with van der Waals surface area (Å²) >= 11 is 0. The summed E-state index contributed by atoms with van der Waals surface area (Å²) in [6.45, 7) is 5.18. The van der Waals surface area contributed by atoms with Crippen molar-refractivity contribution in [3.63, 3.8) is 0 Å². The van der Waals surface area contributed by atoms with E-state index in [-0.39, 0.29) is 17.0 Å². The van der Waals surface area contributed by atoms with Crippen LogP contribution in [0.5, 0.6) is 0 Å². The number of sulfonamides is 1. The van der Waals surface area contributed by atoms with Crippen molar-refractivity contribution in [1.29, 1.82) is 0 Å². The van der Waals surface area contributed by atoms with E-state index in [2.05, 4.69) is 15.0 Å². The Bertz CT molecular complexity index is 548. The summed E-state index contributed by atoms with van der Waals surface area (Å²) in [4.78, 5) is 4.32. The van der Waals surface area contributed by atoms with Crippen LogP contribution in [-0.4, -0.2) is 38.7 Å². The number of nitrogens with zero attached hydrogens (tertiary/aromatic N) is 1. The quantitative estimate of drug-likeness (QED) is 0.858. The summed E-state index contributed by atoms with van der Waals surface area (Å²) in [6, 6.07) is 2.99. The Kier molecular flexibility index (Phi) is 4.95. The third-order valence-corrected chi connectivity index (χ3v) is 4.72. The van der Waals surface area contributed by atoms with Gasteiger partial charge in [-0.2, -0.15) is 0 Å². The van der Waals surface area contributed by atoms with Crippen molar-refractivity contribution < 1.29 is 13.2 Å². The van der Waals surface area contributed by atoms with Crippen molar-refractivity contribution in [3.05, 3.63) is 18.3 Å². The van der Waals surface area contributed by atoms with Crippen molar-refractivity contribution in [3.8, 4) is 0 Å². The molecule has 20 heavy (non-hydrogen) atoms. The maximum atomic E-state index is 12.4. The normalized spacial score (nSPS) is 23.5. The Morgan fingerprint density at radius 2 is 2.30 bits per heavy atom. The van der Waals surface area contributed by atoms with Crippen LogP contribution in [0.3, 0.4) is 0 Å². The molecule has 0 aliphatic carbocycles. The van der Waals surface area contributed by atoms with Gasteiger partial charge in [-0.15, -0.1) is 0 Å². The molecule has 0 radical (unpaired) electrons. The second-order valence-electron chi connectivity index (χ2n) is 4.93. The summed E-state index contributed by atoms with van der Waals surface area (Å²) in [5.41, 5.74) is 0. The molecule has 1 saturated heterocycles. The highest BCUT2D eigenvalue weighted by Crippen LogP contribution is 2.18. The van der Waals surface area contributed by atoms with Gasteiger partial charge in [0.2, 0.25) is 10.0 Å². The molecule has 2 N–H and O–H groups in total. The van der Waals surface area contributed by atoms with Crippen LogP contribution in [0.25, 0.3) is 0 Å². The average molecular weight is 299 g/mol. The molecule has 1 aromatic rings. The number of pyridine rings is 1. The Morgan fingerprint density at radius 1 is 1.50 bits per heavy atom. The lowest BCUT2D eigenvalue weighted by Crippen LogP contribution is -2.41. The van der Waals surface area contributed by atoms with Gasteiger partial charge < -0.3 is 10.1 Å². The molecule has 0 spiro atoms. The van der Waals surface area contributed by atoms with Crippen LogP contribution in [0.4, 0.5) is 5.82 Å². The topological polar surface area (TPSA) is 80.3 Å². The second kappa shape index (κ2) is 6.51. The highest BCUT2D eigenvalue weighted by atomic mass is 32.2. The van der Waals surface area contributed by atoms with E-state index in [4.69, 9.17) is 4.74 Å². The number of anilines is 1. The smallest absolute Gasteiger partial charge is 0.241 e. The number of hydrogen-bond donors (Lipinski definition) is 2. The Hall–Kier alpha value is -1.18. The zero-order valence-electron chi connectivity index (χ0n) is 11.8. The molecule has 1 aromatic heterocycles. The Balaban J connectivity index is 2.11. The maximum absolute atomic E-state index is 12.4. The molecule has 2 unspecified atom stereocenters. The molecule has 1 aliphatic rings. The molecule has 6 nitrogen and oxygen atoms in total. The number of hydrogen-bond acceptors (Lipinski definition) is 5. The highest BCUT2D eigenvalue weighted by molar-refractivity contribution is 7.89. The number of rotatable bonds is 5. The van der Waals surface area contributed by atoms with Gasteiger partial charge in [-0.25, -0.2) is 18.1 Å². The predicted molar refractivity (Wildman–Crippen MR) is 77.2 cm³/mol. The van der Waals surface area contributed by atoms with Crippen LogP contribution < -0.4 is 10.0 Å². The molecule has 2 heterocycles. The Labute approximate surface area is 120 Å². The summed E-state index contributed by atoms with van der Waals surface area (Å²) in [5, 5.41) is 3.01. The van der Waals surface area contributed by atoms with Gasteiger partial charge in [0.15, 0.2) is 0 Å². The monoisotopic (exact) mass is 299 g/mol. The lowest BCUT2D eigenvalue weighted by Gasteiger charge is -2.27. The number of aromatic nitrogens is 1. The van der Waals surface area contributed by atoms with Crippen molar-refractivity contribution in [1.82, 2.24) is 9.71 Å². The third-order valence-electron chi connectivity index (χ3n) is 3.21. The van der Waals surface area contributed by atoms with E-state index in [1.165, 1.54) is 12.3 Å². The van der Waals surface area contributed by atoms with E-state index in [1.54, 1.807) is 6.07 Å². The standard InChI is InChI=1S/C13H21N3O3S/c1-3-14-13-9-12(4-6-15-13)20(17,18)16-11-5-7-19-10(2)8-11/h4,6,9-11,16H,3,5,7-8H2,1-2H3,(H,14,15). The van der Waals surface area contributed by atoms with Crippen LogP contribution in [0.1, 0.15) is 26.7 Å². The van der Waals surface area contributed by atoms with Crippen molar-refractivity contribution >= 4 is 15.8 Å². The SMILES string of the molecule is CCNc1cc(S(=O)(=O)NC2CCOC(C)C2)ccn1. The van der Waals surface area contributed by atoms with Crippen LogP contribution in [0.15, 0.2) is 23.2 Å². The Morgan fingerprint density at radius 3 is 3.00 bits per heavy atom. The first-order valence-corrected chi connectivity index (χ1v) is 8.33. The fourth-order valence-electron chi connectivity index (χ4n) is 2.25. The molecule has 0 aromatic carbocycles. The molecule has 1 aliphatic heterocycles. The van der Waals surface area contributed by atoms with E-state index < -0.39 is 10.0 Å². The largest absolute Gasteiger partial charge is 0.378 e. The van der Waals surface area contributed by atoms with Gasteiger partial charge in [0.05, 0.1) is 11.0 Å². The second-order valence-corrected chi connectivity index (χ2v) is 6.65. The minimum Gasteiger partial charge on any atom is -0.378 e. The summed E-state index contributed by atoms with van der Waals surface area (Å²) in [5.74, 6) is 0.565. The lowest BCUT2D eigenvalue weighted by molar-refractivity contribution is 0.0173. The predicted octanol–water partition coefficient (Wildman–Crippen LogP) is 1.36. The maximum Gasteiger partial charge on any atom is 0.241 e. The summed E-state index contributed by atoms with van der Waals surface area (Å²) in [7, 11) is -3.51. The van der Waals surface area contributed by atoms with Gasteiger partial charge in [0.1, 0.15) is 5.82 Å². The lowest BCUT2D eigenvalue weighted by atomic mass is 10.1. The first-order valence-electron chi connectivity index (χ1n) is 6.85. The summed E-state index contributed by atoms with van der Waals surface area (Å²) < 4.78 is 32.9. The van der Waals surface area contributed by atoms with Crippen LogP contribution in [0.2, 0.25) is 0 Å². The highest BCUT2D eigenvalue weighted by Gasteiger charge is 2.25. The summed E-state index contributed by atoms with van der Waals surface area (Å²) in [6.07, 6.45) is 2.99. The van der Waals surface area contributed by atoms with Crippen molar-refractivity contribution in [2.45, 2.75) is 43.7 Å². The van der Waals surface area contributed by atoms with Crippen LogP contribution in [0, 0.1) is 0 Å². The fraction of sp³-hybridized carbons (Fsp3) is 0.615. The third kappa shape index (κ3) is 3.91. The van der Waals surface area contributed by atoms with Gasteiger partial charge in [-0.1, -0.05) is 0 Å². The molecule has 0 saturated carbocycles. The van der Waals surface area contributed by atoms with Crippen LogP contribution >= 0.6 is 0 Å². The van der Waals surface area contributed by atoms with E-state index in [1.807, 2.05) is 13.8 Å². The molecule has 0 bridgehead atoms. The number of ether oxygens (including phenoxy) is 1. The zero-order valence-corrected chi connectivity index (χ0v) is 12.6. The first kappa shape index (κ1) is 15.2. The average Bonchev–Trinajstić information content (AvgIpc) is 2.39. The van der Waals surface area contributed by atoms with E-state index in [9.17, 15) is 8.42 Å². The van der Waals surface area contributed by atoms with E-state index in [0.29, 0.717) is 31.8 Å². The van der Waals surface area contributed by atoms with Crippen LogP contribution in [-0.2, 0) is 14.8 Å². The molecular formula is C13H21N3O3S. The van der Waals surface area contributed by atoms with E-state index >= 15 is 0 Å². The molecule has 2 rings (SSSR count). The van der Waals surface area contributed by atoms with Crippen molar-refractivity contribution in [2.24, 2.45) is 0 Å². The van der Waals surface area contributed by atoms with Gasteiger partial charge in [-0.05, 0) is 32.8 Å². The molecule has 112 valence electrons. The molecule has 0 amide bonds. The fourth-order valence-corrected chi connectivity index (χ4v) is 3.54. The minimum atomic E-state index is -3.51. The number of nitrogens with one attached hydrogen (secondary N) is 2. The molecule has 2 atom stereocenters. The zero-order chi connectivity index (χ0) is 14.6. The van der Waals surface area contributed by atoms with E-state index in [0.717, 1.165) is 0 Å².